The van der Waals surface area contributed by atoms with Crippen LogP contribution in [-0.4, -0.2) is 43.2 Å². The summed E-state index contributed by atoms with van der Waals surface area (Å²) >= 11 is 0. The van der Waals surface area contributed by atoms with Crippen molar-refractivity contribution in [1.29, 1.82) is 0 Å². The Morgan fingerprint density at radius 2 is 1.77 bits per heavy atom. The molecule has 1 aromatic heterocycles. The first-order chi connectivity index (χ1) is 14.5. The number of carbonyl (C=O) groups is 2. The lowest BCUT2D eigenvalue weighted by Gasteiger charge is -2.07. The molecule has 0 atom stereocenters. The lowest BCUT2D eigenvalue weighted by molar-refractivity contribution is -0.116. The average Bonchev–Trinajstić information content (AvgIpc) is 3.26. The number of nitrogens with one attached hydrogen (secondary N) is 2. The molecule has 0 unspecified atom stereocenters. The van der Waals surface area contributed by atoms with E-state index in [0.29, 0.717) is 46.4 Å². The topological polar surface area (TPSA) is 116 Å². The van der Waals surface area contributed by atoms with E-state index in [1.54, 1.807) is 63.7 Å². The third-order valence-electron chi connectivity index (χ3n) is 4.33. The summed E-state index contributed by atoms with van der Waals surface area (Å²) in [7, 11) is 4.67. The van der Waals surface area contributed by atoms with Gasteiger partial charge in [-0.1, -0.05) is 5.16 Å². The number of nitrogens with zero attached hydrogens (tertiary/aromatic N) is 2. The summed E-state index contributed by atoms with van der Waals surface area (Å²) in [6.07, 6.45) is 0.465. The van der Waals surface area contributed by atoms with Gasteiger partial charge in [0, 0.05) is 36.7 Å². The highest BCUT2D eigenvalue weighted by atomic mass is 16.5. The van der Waals surface area contributed by atoms with Crippen LogP contribution in [0.15, 0.2) is 47.0 Å². The first-order valence-electron chi connectivity index (χ1n) is 9.21. The molecule has 0 saturated carbocycles. The van der Waals surface area contributed by atoms with E-state index >= 15 is 0 Å². The van der Waals surface area contributed by atoms with Crippen molar-refractivity contribution in [3.05, 3.63) is 53.9 Å². The monoisotopic (exact) mass is 410 g/mol. The largest absolute Gasteiger partial charge is 0.493 e. The highest BCUT2D eigenvalue weighted by Gasteiger charge is 2.13. The van der Waals surface area contributed by atoms with Crippen molar-refractivity contribution in [3.63, 3.8) is 0 Å². The summed E-state index contributed by atoms with van der Waals surface area (Å²) < 4.78 is 15.7. The van der Waals surface area contributed by atoms with Gasteiger partial charge in [-0.25, -0.2) is 0 Å². The summed E-state index contributed by atoms with van der Waals surface area (Å²) in [5, 5.41) is 9.28. The van der Waals surface area contributed by atoms with Gasteiger partial charge in [-0.3, -0.25) is 9.59 Å². The molecule has 2 amide bonds. The molecule has 0 aliphatic heterocycles. The van der Waals surface area contributed by atoms with Gasteiger partial charge in [0.1, 0.15) is 0 Å². The number of hydrogen-bond donors (Lipinski definition) is 2. The van der Waals surface area contributed by atoms with Crippen molar-refractivity contribution in [2.75, 3.05) is 26.6 Å². The molecule has 0 aliphatic rings. The van der Waals surface area contributed by atoms with Crippen LogP contribution >= 0.6 is 0 Å². The van der Waals surface area contributed by atoms with Crippen LogP contribution in [0, 0.1) is 0 Å². The minimum Gasteiger partial charge on any atom is -0.493 e. The molecule has 2 aromatic carbocycles. The molecule has 2 N–H and O–H groups in total. The van der Waals surface area contributed by atoms with Gasteiger partial charge in [0.05, 0.1) is 14.2 Å². The minimum absolute atomic E-state index is 0.171. The van der Waals surface area contributed by atoms with Crippen LogP contribution in [0.4, 0.5) is 5.69 Å². The van der Waals surface area contributed by atoms with Crippen molar-refractivity contribution < 1.29 is 23.6 Å². The van der Waals surface area contributed by atoms with Crippen LogP contribution < -0.4 is 20.1 Å². The third kappa shape index (κ3) is 4.93. The molecule has 0 bridgehead atoms. The molecular formula is C21H22N4O5. The van der Waals surface area contributed by atoms with Crippen molar-refractivity contribution in [2.24, 2.45) is 0 Å². The van der Waals surface area contributed by atoms with E-state index in [2.05, 4.69) is 20.8 Å². The van der Waals surface area contributed by atoms with Gasteiger partial charge >= 0.3 is 0 Å². The summed E-state index contributed by atoms with van der Waals surface area (Å²) in [5.74, 6) is 1.53. The maximum atomic E-state index is 12.2. The molecule has 0 radical (unpaired) electrons. The number of ether oxygens (including phenoxy) is 2. The number of rotatable bonds is 8. The zero-order valence-electron chi connectivity index (χ0n) is 16.9. The quantitative estimate of drug-likeness (QED) is 0.586. The van der Waals surface area contributed by atoms with E-state index in [0.717, 1.165) is 0 Å². The Bertz CT molecular complexity index is 1030. The van der Waals surface area contributed by atoms with E-state index < -0.39 is 0 Å². The molecule has 0 spiro atoms. The molecule has 3 rings (SSSR count). The number of hydrogen-bond acceptors (Lipinski definition) is 7. The number of amides is 2. The van der Waals surface area contributed by atoms with Crippen LogP contribution in [-0.2, 0) is 11.2 Å². The van der Waals surface area contributed by atoms with Gasteiger partial charge in [0.15, 0.2) is 11.5 Å². The first-order valence-corrected chi connectivity index (χ1v) is 9.21. The van der Waals surface area contributed by atoms with Crippen molar-refractivity contribution in [3.8, 4) is 22.9 Å². The molecule has 9 heteroatoms. The Morgan fingerprint density at radius 3 is 2.43 bits per heavy atom. The van der Waals surface area contributed by atoms with E-state index in [1.165, 1.54) is 0 Å². The van der Waals surface area contributed by atoms with Crippen LogP contribution in [0.5, 0.6) is 11.5 Å². The molecule has 3 aromatic rings. The molecule has 0 fully saturated rings. The van der Waals surface area contributed by atoms with Crippen molar-refractivity contribution in [1.82, 2.24) is 15.5 Å². The normalized spacial score (nSPS) is 10.4. The van der Waals surface area contributed by atoms with Gasteiger partial charge < -0.3 is 24.6 Å². The van der Waals surface area contributed by atoms with Crippen LogP contribution in [0.3, 0.4) is 0 Å². The van der Waals surface area contributed by atoms with Gasteiger partial charge in [0.2, 0.25) is 17.6 Å². The first kappa shape index (κ1) is 20.8. The van der Waals surface area contributed by atoms with E-state index in [1.807, 2.05) is 0 Å². The Balaban J connectivity index is 1.57. The minimum atomic E-state index is -0.200. The van der Waals surface area contributed by atoms with Crippen LogP contribution in [0.25, 0.3) is 11.4 Å². The molecule has 1 heterocycles. The lowest BCUT2D eigenvalue weighted by Crippen LogP contribution is -2.18. The van der Waals surface area contributed by atoms with Gasteiger partial charge in [-0.2, -0.15) is 4.98 Å². The van der Waals surface area contributed by atoms with E-state index in [9.17, 15) is 9.59 Å². The number of methoxy groups -OCH3 is 2. The average molecular weight is 410 g/mol. The van der Waals surface area contributed by atoms with Crippen LogP contribution in [0.1, 0.15) is 22.7 Å². The third-order valence-corrected chi connectivity index (χ3v) is 4.33. The van der Waals surface area contributed by atoms with Gasteiger partial charge in [-0.05, 0) is 42.5 Å². The predicted octanol–water partition coefficient (Wildman–Crippen LogP) is 2.68. The van der Waals surface area contributed by atoms with Crippen molar-refractivity contribution in [2.45, 2.75) is 12.8 Å². The molecule has 9 nitrogen and oxygen atoms in total. The van der Waals surface area contributed by atoms with Gasteiger partial charge in [-0.15, -0.1) is 0 Å². The van der Waals surface area contributed by atoms with Crippen molar-refractivity contribution >= 4 is 17.5 Å². The second-order valence-corrected chi connectivity index (χ2v) is 6.29. The number of aromatic nitrogens is 2. The zero-order valence-corrected chi connectivity index (χ0v) is 16.9. The molecule has 0 aliphatic carbocycles. The maximum absolute atomic E-state index is 12.2. The number of carbonyl (C=O) groups excluding carboxylic acids is 2. The van der Waals surface area contributed by atoms with Gasteiger partial charge in [0.25, 0.3) is 5.91 Å². The summed E-state index contributed by atoms with van der Waals surface area (Å²) in [6.45, 7) is 0. The smallest absolute Gasteiger partial charge is 0.251 e. The number of anilines is 1. The highest BCUT2D eigenvalue weighted by molar-refractivity contribution is 5.95. The number of aryl methyl sites for hydroxylation is 1. The van der Waals surface area contributed by atoms with E-state index in [4.69, 9.17) is 14.0 Å². The second-order valence-electron chi connectivity index (χ2n) is 6.29. The predicted molar refractivity (Wildman–Crippen MR) is 110 cm³/mol. The summed E-state index contributed by atoms with van der Waals surface area (Å²) in [4.78, 5) is 28.1. The van der Waals surface area contributed by atoms with E-state index in [-0.39, 0.29) is 18.2 Å². The molecular weight excluding hydrogens is 388 g/mol. The summed E-state index contributed by atoms with van der Waals surface area (Å²) in [5.41, 5.74) is 1.83. The lowest BCUT2D eigenvalue weighted by atomic mass is 10.2. The maximum Gasteiger partial charge on any atom is 0.251 e. The fourth-order valence-corrected chi connectivity index (χ4v) is 2.74. The fourth-order valence-electron chi connectivity index (χ4n) is 2.74. The Labute approximate surface area is 173 Å². The number of benzene rings is 2. The molecule has 156 valence electrons. The fraction of sp³-hybridized carbons (Fsp3) is 0.238. The Kier molecular flexibility index (Phi) is 6.63. The Morgan fingerprint density at radius 1 is 1.03 bits per heavy atom. The summed E-state index contributed by atoms with van der Waals surface area (Å²) in [6, 6.07) is 11.9. The molecule has 30 heavy (non-hydrogen) atoms. The SMILES string of the molecule is CNC(=O)c1ccc(NC(=O)CCc2nc(-c3ccc(OC)c(OC)c3)no2)cc1. The molecule has 0 saturated heterocycles. The highest BCUT2D eigenvalue weighted by Crippen LogP contribution is 2.31. The second kappa shape index (κ2) is 9.55. The van der Waals surface area contributed by atoms with Crippen LogP contribution in [0.2, 0.25) is 0 Å². The zero-order chi connectivity index (χ0) is 21.5. The standard InChI is InChI=1S/C21H22N4O5/c1-22-21(27)13-4-7-15(8-5-13)23-18(26)10-11-19-24-20(25-30-19)14-6-9-16(28-2)17(12-14)29-3/h4-9,12H,10-11H2,1-3H3,(H,22,27)(H,23,26). The Hall–Kier alpha value is -3.88.